The molecule has 0 aliphatic carbocycles. The van der Waals surface area contributed by atoms with Gasteiger partial charge in [0.25, 0.3) is 0 Å². The minimum absolute atomic E-state index is 0.486. The van der Waals surface area contributed by atoms with E-state index in [4.69, 9.17) is 4.74 Å². The van der Waals surface area contributed by atoms with Crippen LogP contribution in [0.2, 0.25) is 0 Å². The lowest BCUT2D eigenvalue weighted by Gasteiger charge is -2.10. The van der Waals surface area contributed by atoms with E-state index in [1.807, 2.05) is 19.1 Å². The summed E-state index contributed by atoms with van der Waals surface area (Å²) in [6.07, 6.45) is 1.66. The van der Waals surface area contributed by atoms with Crippen molar-refractivity contribution in [3.8, 4) is 11.6 Å². The fraction of sp³-hybridized carbons (Fsp3) is 0.214. The molecule has 0 aliphatic rings. The number of nitrogens with zero attached hydrogens (tertiary/aromatic N) is 3. The van der Waals surface area contributed by atoms with Crippen molar-refractivity contribution in [3.05, 3.63) is 35.5 Å². The number of aryl methyl sites for hydroxylation is 2. The zero-order valence-corrected chi connectivity index (χ0v) is 11.6. The molecule has 0 unspecified atom stereocenters. The normalized spacial score (nSPS) is 10.8. The Bertz CT molecular complexity index is 765. The highest BCUT2D eigenvalue weighted by Gasteiger charge is 2.12. The van der Waals surface area contributed by atoms with Gasteiger partial charge in [-0.1, -0.05) is 17.7 Å². The molecule has 0 saturated heterocycles. The molecule has 102 valence electrons. The standard InChI is InChI=1S/C14H15N5O/c1-8-4-5-11(9(2)6-8)20-13-10-7-16-19-12(10)17-14(15-3)18-13/h4-7H,1-3H3,(H2,15,16,17,18,19). The second kappa shape index (κ2) is 4.80. The van der Waals surface area contributed by atoms with E-state index >= 15 is 0 Å². The van der Waals surface area contributed by atoms with E-state index in [0.717, 1.165) is 16.7 Å². The van der Waals surface area contributed by atoms with Gasteiger partial charge in [0.15, 0.2) is 5.65 Å². The number of benzene rings is 1. The first-order valence-corrected chi connectivity index (χ1v) is 6.31. The topological polar surface area (TPSA) is 75.7 Å². The van der Waals surface area contributed by atoms with E-state index < -0.39 is 0 Å². The maximum atomic E-state index is 5.93. The van der Waals surface area contributed by atoms with E-state index in [-0.39, 0.29) is 0 Å². The lowest BCUT2D eigenvalue weighted by Crippen LogP contribution is -1.99. The van der Waals surface area contributed by atoms with Gasteiger partial charge in [-0.2, -0.15) is 15.1 Å². The molecule has 6 heteroatoms. The summed E-state index contributed by atoms with van der Waals surface area (Å²) in [7, 11) is 1.76. The SMILES string of the molecule is CNc1nc(Oc2ccc(C)cc2C)c2cn[nH]c2n1. The molecule has 0 aliphatic heterocycles. The fourth-order valence-corrected chi connectivity index (χ4v) is 2.02. The smallest absolute Gasteiger partial charge is 0.235 e. The predicted octanol–water partition coefficient (Wildman–Crippen LogP) is 2.80. The van der Waals surface area contributed by atoms with Crippen LogP contribution >= 0.6 is 0 Å². The van der Waals surface area contributed by atoms with Gasteiger partial charge >= 0.3 is 0 Å². The molecule has 0 bridgehead atoms. The zero-order valence-electron chi connectivity index (χ0n) is 11.6. The van der Waals surface area contributed by atoms with Crippen LogP contribution in [0, 0.1) is 13.8 Å². The summed E-state index contributed by atoms with van der Waals surface area (Å²) in [5.41, 5.74) is 2.90. The maximum absolute atomic E-state index is 5.93. The number of hydrogen-bond acceptors (Lipinski definition) is 5. The van der Waals surface area contributed by atoms with Crippen LogP contribution in [0.5, 0.6) is 11.6 Å². The van der Waals surface area contributed by atoms with Gasteiger partial charge in [-0.25, -0.2) is 0 Å². The third-order valence-electron chi connectivity index (χ3n) is 3.04. The average molecular weight is 269 g/mol. The molecule has 3 rings (SSSR count). The molecule has 0 fully saturated rings. The molecule has 0 amide bonds. The van der Waals surface area contributed by atoms with E-state index in [1.54, 1.807) is 13.2 Å². The van der Waals surface area contributed by atoms with Gasteiger partial charge in [0, 0.05) is 7.05 Å². The van der Waals surface area contributed by atoms with Gasteiger partial charge in [-0.15, -0.1) is 0 Å². The van der Waals surface area contributed by atoms with Gasteiger partial charge in [-0.3, -0.25) is 5.10 Å². The van der Waals surface area contributed by atoms with Gasteiger partial charge in [0.2, 0.25) is 11.8 Å². The molecular formula is C14H15N5O. The van der Waals surface area contributed by atoms with Crippen LogP contribution in [0.15, 0.2) is 24.4 Å². The Labute approximate surface area is 116 Å². The monoisotopic (exact) mass is 269 g/mol. The maximum Gasteiger partial charge on any atom is 0.235 e. The number of fused-ring (bicyclic) bond motifs is 1. The molecule has 2 aromatic heterocycles. The molecular weight excluding hydrogens is 254 g/mol. The number of ether oxygens (including phenoxy) is 1. The van der Waals surface area contributed by atoms with Crippen LogP contribution in [-0.4, -0.2) is 27.2 Å². The van der Waals surface area contributed by atoms with Crippen molar-refractivity contribution in [2.75, 3.05) is 12.4 Å². The highest BCUT2D eigenvalue weighted by Crippen LogP contribution is 2.29. The lowest BCUT2D eigenvalue weighted by molar-refractivity contribution is 0.465. The van der Waals surface area contributed by atoms with Gasteiger partial charge < -0.3 is 10.1 Å². The summed E-state index contributed by atoms with van der Waals surface area (Å²) in [5.74, 6) is 1.75. The number of aromatic nitrogens is 4. The molecule has 6 nitrogen and oxygen atoms in total. The average Bonchev–Trinajstić information content (AvgIpc) is 2.90. The number of aromatic amines is 1. The summed E-state index contributed by atoms with van der Waals surface area (Å²) in [6.45, 7) is 4.06. The summed E-state index contributed by atoms with van der Waals surface area (Å²) >= 11 is 0. The first-order valence-electron chi connectivity index (χ1n) is 6.31. The predicted molar refractivity (Wildman–Crippen MR) is 77.2 cm³/mol. The molecule has 2 heterocycles. The first-order chi connectivity index (χ1) is 9.67. The summed E-state index contributed by atoms with van der Waals surface area (Å²) < 4.78 is 5.93. The third kappa shape index (κ3) is 2.16. The van der Waals surface area contributed by atoms with Crippen LogP contribution in [-0.2, 0) is 0 Å². The third-order valence-corrected chi connectivity index (χ3v) is 3.04. The lowest BCUT2D eigenvalue weighted by atomic mass is 10.1. The minimum atomic E-state index is 0.486. The molecule has 0 saturated carbocycles. The van der Waals surface area contributed by atoms with Crippen LogP contribution < -0.4 is 10.1 Å². The highest BCUT2D eigenvalue weighted by atomic mass is 16.5. The number of hydrogen-bond donors (Lipinski definition) is 2. The van der Waals surface area contributed by atoms with Crippen molar-refractivity contribution in [2.45, 2.75) is 13.8 Å². The van der Waals surface area contributed by atoms with Crippen LogP contribution in [0.25, 0.3) is 11.0 Å². The van der Waals surface area contributed by atoms with E-state index in [1.165, 1.54) is 5.56 Å². The van der Waals surface area contributed by atoms with Crippen molar-refractivity contribution in [2.24, 2.45) is 0 Å². The number of anilines is 1. The quantitative estimate of drug-likeness (QED) is 0.764. The van der Waals surface area contributed by atoms with E-state index in [2.05, 4.69) is 38.5 Å². The van der Waals surface area contributed by atoms with Crippen molar-refractivity contribution in [3.63, 3.8) is 0 Å². The molecule has 20 heavy (non-hydrogen) atoms. The summed E-state index contributed by atoms with van der Waals surface area (Å²) in [6, 6.07) is 6.02. The minimum Gasteiger partial charge on any atom is -0.438 e. The van der Waals surface area contributed by atoms with E-state index in [9.17, 15) is 0 Å². The molecule has 1 aromatic carbocycles. The molecule has 0 spiro atoms. The van der Waals surface area contributed by atoms with Gasteiger partial charge in [0.05, 0.1) is 6.20 Å². The van der Waals surface area contributed by atoms with Crippen LogP contribution in [0.3, 0.4) is 0 Å². The van der Waals surface area contributed by atoms with Crippen LogP contribution in [0.4, 0.5) is 5.95 Å². The second-order valence-corrected chi connectivity index (χ2v) is 4.61. The fourth-order valence-electron chi connectivity index (χ4n) is 2.02. The molecule has 3 aromatic rings. The Morgan fingerprint density at radius 1 is 1.20 bits per heavy atom. The van der Waals surface area contributed by atoms with Crippen molar-refractivity contribution >= 4 is 17.0 Å². The van der Waals surface area contributed by atoms with Gasteiger partial charge in [-0.05, 0) is 25.5 Å². The molecule has 0 atom stereocenters. The Balaban J connectivity index is 2.07. The van der Waals surface area contributed by atoms with E-state index in [0.29, 0.717) is 17.5 Å². The Morgan fingerprint density at radius 3 is 2.80 bits per heavy atom. The first kappa shape index (κ1) is 12.4. The highest BCUT2D eigenvalue weighted by molar-refractivity contribution is 5.80. The molecule has 0 radical (unpaired) electrons. The largest absolute Gasteiger partial charge is 0.438 e. The number of rotatable bonds is 3. The number of nitrogens with one attached hydrogen (secondary N) is 2. The van der Waals surface area contributed by atoms with Crippen molar-refractivity contribution < 1.29 is 4.74 Å². The van der Waals surface area contributed by atoms with Gasteiger partial charge in [0.1, 0.15) is 11.1 Å². The summed E-state index contributed by atoms with van der Waals surface area (Å²) in [5, 5.41) is 10.5. The molecule has 2 N–H and O–H groups in total. The van der Waals surface area contributed by atoms with Crippen molar-refractivity contribution in [1.82, 2.24) is 20.2 Å². The summed E-state index contributed by atoms with van der Waals surface area (Å²) in [4.78, 5) is 8.62. The second-order valence-electron chi connectivity index (χ2n) is 4.61. The number of H-pyrrole nitrogens is 1. The Hall–Kier alpha value is -2.63. The Kier molecular flexibility index (Phi) is 2.98. The zero-order chi connectivity index (χ0) is 14.1. The van der Waals surface area contributed by atoms with Crippen LogP contribution in [0.1, 0.15) is 11.1 Å². The Morgan fingerprint density at radius 2 is 2.05 bits per heavy atom. The van der Waals surface area contributed by atoms with Crippen molar-refractivity contribution in [1.29, 1.82) is 0 Å².